The fourth-order valence-corrected chi connectivity index (χ4v) is 3.24. The Morgan fingerprint density at radius 3 is 2.17 bits per heavy atom. The molecule has 0 aliphatic carbocycles. The van der Waals surface area contributed by atoms with Crippen molar-refractivity contribution in [3.8, 4) is 5.75 Å². The zero-order valence-electron chi connectivity index (χ0n) is 15.6. The van der Waals surface area contributed by atoms with Crippen molar-refractivity contribution < 1.29 is 23.7 Å². The van der Waals surface area contributed by atoms with Gasteiger partial charge in [0.2, 0.25) is 0 Å². The Hall–Kier alpha value is -2.71. The minimum Gasteiger partial charge on any atom is -0.489 e. The Morgan fingerprint density at radius 2 is 1.59 bits per heavy atom. The van der Waals surface area contributed by atoms with E-state index in [0.29, 0.717) is 18.0 Å². The summed E-state index contributed by atoms with van der Waals surface area (Å²) in [4.78, 5) is 0.287. The second-order valence-corrected chi connectivity index (χ2v) is 7.46. The van der Waals surface area contributed by atoms with Crippen LogP contribution in [0.4, 0.5) is 5.69 Å². The van der Waals surface area contributed by atoms with Gasteiger partial charge in [-0.25, -0.2) is 4.21 Å². The van der Waals surface area contributed by atoms with E-state index in [1.807, 2.05) is 54.6 Å². The van der Waals surface area contributed by atoms with Crippen molar-refractivity contribution in [2.45, 2.75) is 23.6 Å². The van der Waals surface area contributed by atoms with Gasteiger partial charge in [0.1, 0.15) is 18.5 Å². The van der Waals surface area contributed by atoms with E-state index in [4.69, 9.17) is 9.29 Å². The van der Waals surface area contributed by atoms with Crippen molar-refractivity contribution >= 4 is 16.8 Å². The molecule has 6 nitrogen and oxygen atoms in total. The summed E-state index contributed by atoms with van der Waals surface area (Å²) in [5.74, 6) is 0.699. The summed E-state index contributed by atoms with van der Waals surface area (Å²) in [5.41, 5.74) is 2.49. The van der Waals surface area contributed by atoms with E-state index in [-0.39, 0.29) is 4.90 Å². The minimum atomic E-state index is -2.05. The highest BCUT2D eigenvalue weighted by Crippen LogP contribution is 2.26. The first kappa shape index (κ1) is 21.0. The molecule has 0 fully saturated rings. The predicted molar refractivity (Wildman–Crippen MR) is 112 cm³/mol. The fraction of sp³-hybridized carbons (Fsp3) is 0.182. The number of benzene rings is 3. The second kappa shape index (κ2) is 10.2. The summed E-state index contributed by atoms with van der Waals surface area (Å²) < 4.78 is 26.0. The molecule has 3 aromatic carbocycles. The number of hydrogen-bond acceptors (Lipinski definition) is 5. The molecule has 0 saturated carbocycles. The number of rotatable bonds is 9. The third kappa shape index (κ3) is 5.88. The van der Waals surface area contributed by atoms with Crippen molar-refractivity contribution in [1.82, 2.24) is 0 Å². The molecule has 7 heteroatoms. The van der Waals surface area contributed by atoms with E-state index in [1.165, 1.54) is 12.1 Å². The zero-order chi connectivity index (χ0) is 20.6. The number of nitrogens with one attached hydrogen (secondary N) is 1. The quantitative estimate of drug-likeness (QED) is 0.402. The standard InChI is InChI=1S/C22H23NO5S/c24-14-21(25)22(23-18-8-12-20(13-9-18)29(26)27)17-6-10-19(11-7-17)28-15-16-4-2-1-3-5-16/h1-13,21-25H,14-15H2,(H,26,27)/t21-,22?/m1/s1. The Bertz CT molecular complexity index is 916. The van der Waals surface area contributed by atoms with Crippen molar-refractivity contribution in [2.75, 3.05) is 11.9 Å². The molecule has 4 N–H and O–H groups in total. The van der Waals surface area contributed by atoms with Crippen molar-refractivity contribution in [1.29, 1.82) is 0 Å². The molecule has 29 heavy (non-hydrogen) atoms. The molecule has 152 valence electrons. The smallest absolute Gasteiger partial charge is 0.186 e. The summed E-state index contributed by atoms with van der Waals surface area (Å²) in [6.07, 6.45) is -1.03. The van der Waals surface area contributed by atoms with Crippen molar-refractivity contribution in [3.63, 3.8) is 0 Å². The summed E-state index contributed by atoms with van der Waals surface area (Å²) >= 11 is -2.05. The molecule has 0 saturated heterocycles. The number of ether oxygens (including phenoxy) is 1. The first-order valence-corrected chi connectivity index (χ1v) is 10.2. The zero-order valence-corrected chi connectivity index (χ0v) is 16.5. The third-order valence-electron chi connectivity index (χ3n) is 4.44. The number of hydrogen-bond donors (Lipinski definition) is 4. The number of aliphatic hydroxyl groups is 2. The number of aliphatic hydroxyl groups excluding tert-OH is 2. The van der Waals surface area contributed by atoms with E-state index >= 15 is 0 Å². The second-order valence-electron chi connectivity index (χ2n) is 6.49. The Balaban J connectivity index is 1.70. The monoisotopic (exact) mass is 413 g/mol. The summed E-state index contributed by atoms with van der Waals surface area (Å²) in [6.45, 7) is 0.0440. The SMILES string of the molecule is O=S(O)c1ccc(NC(c2ccc(OCc3ccccc3)cc2)[C@H](O)CO)cc1. The van der Waals surface area contributed by atoms with Crippen LogP contribution in [0.15, 0.2) is 83.8 Å². The maximum absolute atomic E-state index is 11.1. The van der Waals surface area contributed by atoms with Gasteiger partial charge >= 0.3 is 0 Å². The molecule has 3 aromatic rings. The van der Waals surface area contributed by atoms with Gasteiger partial charge in [0.25, 0.3) is 0 Å². The molecule has 2 unspecified atom stereocenters. The van der Waals surface area contributed by atoms with Gasteiger partial charge in [0.05, 0.1) is 17.5 Å². The summed E-state index contributed by atoms with van der Waals surface area (Å²) in [5, 5.41) is 22.9. The molecule has 0 heterocycles. The van der Waals surface area contributed by atoms with E-state index in [1.54, 1.807) is 12.1 Å². The molecule has 0 amide bonds. The lowest BCUT2D eigenvalue weighted by molar-refractivity contribution is 0.0794. The topological polar surface area (TPSA) is 99.0 Å². The van der Waals surface area contributed by atoms with Crippen LogP contribution < -0.4 is 10.1 Å². The van der Waals surface area contributed by atoms with Crippen LogP contribution in [0.2, 0.25) is 0 Å². The molecule has 0 aliphatic rings. The molecule has 0 bridgehead atoms. The Kier molecular flexibility index (Phi) is 7.37. The molecule has 3 atom stereocenters. The Labute approximate surface area is 172 Å². The molecule has 0 spiro atoms. The molecule has 3 rings (SSSR count). The minimum absolute atomic E-state index is 0.287. The molecular weight excluding hydrogens is 390 g/mol. The molecule has 0 aliphatic heterocycles. The highest BCUT2D eigenvalue weighted by Gasteiger charge is 2.20. The van der Waals surface area contributed by atoms with Gasteiger partial charge in [-0.1, -0.05) is 42.5 Å². The van der Waals surface area contributed by atoms with E-state index in [2.05, 4.69) is 5.32 Å². The van der Waals surface area contributed by atoms with Crippen molar-refractivity contribution in [3.05, 3.63) is 90.0 Å². The highest BCUT2D eigenvalue weighted by molar-refractivity contribution is 7.79. The maximum atomic E-state index is 11.1. The van der Waals surface area contributed by atoms with Crippen LogP contribution in [0.3, 0.4) is 0 Å². The maximum Gasteiger partial charge on any atom is 0.186 e. The van der Waals surface area contributed by atoms with Gasteiger partial charge in [0, 0.05) is 5.69 Å². The van der Waals surface area contributed by atoms with Crippen LogP contribution >= 0.6 is 0 Å². The van der Waals surface area contributed by atoms with Gasteiger partial charge in [-0.05, 0) is 47.5 Å². The third-order valence-corrected chi connectivity index (χ3v) is 5.11. The average molecular weight is 413 g/mol. The highest BCUT2D eigenvalue weighted by atomic mass is 32.2. The van der Waals surface area contributed by atoms with Crippen LogP contribution in [-0.2, 0) is 17.7 Å². The summed E-state index contributed by atoms with van der Waals surface area (Å²) in [7, 11) is 0. The predicted octanol–water partition coefficient (Wildman–Crippen LogP) is 3.35. The lowest BCUT2D eigenvalue weighted by atomic mass is 10.0. The summed E-state index contributed by atoms with van der Waals surface area (Å²) in [6, 6.07) is 22.9. The largest absolute Gasteiger partial charge is 0.489 e. The van der Waals surface area contributed by atoms with Crippen LogP contribution in [0.1, 0.15) is 17.2 Å². The fourth-order valence-electron chi connectivity index (χ4n) is 2.87. The normalized spacial score (nSPS) is 14.0. The Morgan fingerprint density at radius 1 is 0.931 bits per heavy atom. The van der Waals surface area contributed by atoms with Crippen LogP contribution in [0, 0.1) is 0 Å². The average Bonchev–Trinajstić information content (AvgIpc) is 2.77. The van der Waals surface area contributed by atoms with Gasteiger partial charge < -0.3 is 24.8 Å². The van der Waals surface area contributed by atoms with Gasteiger partial charge in [-0.2, -0.15) is 0 Å². The van der Waals surface area contributed by atoms with Crippen LogP contribution in [-0.4, -0.2) is 31.7 Å². The van der Waals surface area contributed by atoms with Gasteiger partial charge in [0.15, 0.2) is 11.1 Å². The van der Waals surface area contributed by atoms with Crippen LogP contribution in [0.25, 0.3) is 0 Å². The number of anilines is 1. The first-order valence-electron chi connectivity index (χ1n) is 9.10. The molecule has 0 aromatic heterocycles. The van der Waals surface area contributed by atoms with E-state index < -0.39 is 29.8 Å². The van der Waals surface area contributed by atoms with Gasteiger partial charge in [-0.3, -0.25) is 0 Å². The lowest BCUT2D eigenvalue weighted by Crippen LogP contribution is -2.28. The molecular formula is C22H23NO5S. The molecule has 0 radical (unpaired) electrons. The lowest BCUT2D eigenvalue weighted by Gasteiger charge is -2.24. The van der Waals surface area contributed by atoms with Crippen LogP contribution in [0.5, 0.6) is 5.75 Å². The van der Waals surface area contributed by atoms with Crippen molar-refractivity contribution in [2.24, 2.45) is 0 Å². The first-order chi connectivity index (χ1) is 14.1. The van der Waals surface area contributed by atoms with E-state index in [0.717, 1.165) is 11.1 Å². The van der Waals surface area contributed by atoms with E-state index in [9.17, 15) is 14.4 Å². The van der Waals surface area contributed by atoms with Gasteiger partial charge in [-0.15, -0.1) is 0 Å².